The van der Waals surface area contributed by atoms with E-state index in [9.17, 15) is 0 Å². The summed E-state index contributed by atoms with van der Waals surface area (Å²) >= 11 is 5.82. The van der Waals surface area contributed by atoms with E-state index in [1.165, 1.54) is 0 Å². The molecule has 3 nitrogen and oxygen atoms in total. The molecule has 0 aliphatic carbocycles. The standard InChI is InChI=1S/C6H12ClNO2/c7-5-1-3-9-6(5)10-4-2-8/h5-6H,1-4,8H2. The van der Waals surface area contributed by atoms with E-state index >= 15 is 0 Å². The Hall–Kier alpha value is 0.170. The van der Waals surface area contributed by atoms with E-state index < -0.39 is 0 Å². The highest BCUT2D eigenvalue weighted by atomic mass is 35.5. The SMILES string of the molecule is NCCOC1OCCC1Cl. The van der Waals surface area contributed by atoms with Crippen LogP contribution in [-0.2, 0) is 9.47 Å². The van der Waals surface area contributed by atoms with Crippen LogP contribution in [0, 0.1) is 0 Å². The van der Waals surface area contributed by atoms with Gasteiger partial charge in [0.25, 0.3) is 0 Å². The van der Waals surface area contributed by atoms with Crippen LogP contribution in [0.5, 0.6) is 0 Å². The molecule has 2 unspecified atom stereocenters. The lowest BCUT2D eigenvalue weighted by atomic mass is 10.3. The molecule has 1 aliphatic heterocycles. The van der Waals surface area contributed by atoms with E-state index in [2.05, 4.69) is 0 Å². The highest BCUT2D eigenvalue weighted by Gasteiger charge is 2.26. The first-order chi connectivity index (χ1) is 4.84. The van der Waals surface area contributed by atoms with Crippen LogP contribution in [0.25, 0.3) is 0 Å². The molecule has 0 aromatic carbocycles. The lowest BCUT2D eigenvalue weighted by molar-refractivity contribution is -0.106. The van der Waals surface area contributed by atoms with Crippen LogP contribution in [0.15, 0.2) is 0 Å². The van der Waals surface area contributed by atoms with Gasteiger partial charge >= 0.3 is 0 Å². The molecule has 0 amide bonds. The molecule has 0 aromatic heterocycles. The van der Waals surface area contributed by atoms with Crippen molar-refractivity contribution in [3.05, 3.63) is 0 Å². The second-order valence-electron chi connectivity index (χ2n) is 2.20. The van der Waals surface area contributed by atoms with Crippen LogP contribution in [0.2, 0.25) is 0 Å². The summed E-state index contributed by atoms with van der Waals surface area (Å²) in [6, 6.07) is 0. The highest BCUT2D eigenvalue weighted by molar-refractivity contribution is 6.21. The second kappa shape index (κ2) is 4.13. The molecule has 0 radical (unpaired) electrons. The molecule has 60 valence electrons. The summed E-state index contributed by atoms with van der Waals surface area (Å²) in [5.74, 6) is 0. The summed E-state index contributed by atoms with van der Waals surface area (Å²) in [5, 5.41) is 0.00606. The van der Waals surface area contributed by atoms with Gasteiger partial charge in [-0.15, -0.1) is 11.6 Å². The van der Waals surface area contributed by atoms with Crippen molar-refractivity contribution in [3.8, 4) is 0 Å². The van der Waals surface area contributed by atoms with Gasteiger partial charge in [0.1, 0.15) is 0 Å². The molecule has 10 heavy (non-hydrogen) atoms. The third kappa shape index (κ3) is 2.09. The molecule has 1 aliphatic rings. The minimum Gasteiger partial charge on any atom is -0.351 e. The van der Waals surface area contributed by atoms with Crippen LogP contribution in [0.3, 0.4) is 0 Å². The Kier molecular flexibility index (Phi) is 3.42. The zero-order valence-electron chi connectivity index (χ0n) is 5.75. The van der Waals surface area contributed by atoms with E-state index in [1.54, 1.807) is 0 Å². The van der Waals surface area contributed by atoms with E-state index in [-0.39, 0.29) is 11.7 Å². The number of halogens is 1. The van der Waals surface area contributed by atoms with Crippen molar-refractivity contribution in [1.29, 1.82) is 0 Å². The molecule has 1 fully saturated rings. The number of ether oxygens (including phenoxy) is 2. The molecular formula is C6H12ClNO2. The molecule has 2 N–H and O–H groups in total. The van der Waals surface area contributed by atoms with Crippen LogP contribution in [0.4, 0.5) is 0 Å². The Morgan fingerprint density at radius 3 is 3.00 bits per heavy atom. The van der Waals surface area contributed by atoms with Crippen molar-refractivity contribution >= 4 is 11.6 Å². The van der Waals surface area contributed by atoms with Crippen LogP contribution in [-0.4, -0.2) is 31.4 Å². The van der Waals surface area contributed by atoms with Gasteiger partial charge in [-0.25, -0.2) is 0 Å². The van der Waals surface area contributed by atoms with Crippen molar-refractivity contribution in [1.82, 2.24) is 0 Å². The maximum absolute atomic E-state index is 5.82. The Balaban J connectivity index is 2.14. The number of nitrogens with two attached hydrogens (primary N) is 1. The molecule has 0 aromatic rings. The fraction of sp³-hybridized carbons (Fsp3) is 1.00. The zero-order valence-corrected chi connectivity index (χ0v) is 6.51. The van der Waals surface area contributed by atoms with Crippen molar-refractivity contribution in [2.75, 3.05) is 19.8 Å². The van der Waals surface area contributed by atoms with E-state index in [4.69, 9.17) is 26.8 Å². The Morgan fingerprint density at radius 1 is 1.70 bits per heavy atom. The summed E-state index contributed by atoms with van der Waals surface area (Å²) in [5.41, 5.74) is 5.23. The Bertz CT molecular complexity index is 102. The fourth-order valence-electron chi connectivity index (χ4n) is 0.874. The molecule has 0 bridgehead atoms. The predicted octanol–water partition coefficient (Wildman–Crippen LogP) is 0.315. The normalized spacial score (nSPS) is 33.0. The van der Waals surface area contributed by atoms with Gasteiger partial charge in [0.2, 0.25) is 0 Å². The number of rotatable bonds is 3. The molecule has 1 rings (SSSR count). The molecular weight excluding hydrogens is 154 g/mol. The van der Waals surface area contributed by atoms with Crippen molar-refractivity contribution in [3.63, 3.8) is 0 Å². The van der Waals surface area contributed by atoms with Gasteiger partial charge in [0.15, 0.2) is 6.29 Å². The van der Waals surface area contributed by atoms with E-state index in [0.717, 1.165) is 6.42 Å². The third-order valence-electron chi connectivity index (χ3n) is 1.37. The number of hydrogen-bond donors (Lipinski definition) is 1. The third-order valence-corrected chi connectivity index (χ3v) is 1.79. The largest absolute Gasteiger partial charge is 0.351 e. The quantitative estimate of drug-likeness (QED) is 0.613. The number of hydrogen-bond acceptors (Lipinski definition) is 3. The van der Waals surface area contributed by atoms with Crippen LogP contribution < -0.4 is 5.73 Å². The zero-order chi connectivity index (χ0) is 7.40. The minimum atomic E-state index is -0.231. The smallest absolute Gasteiger partial charge is 0.173 e. The summed E-state index contributed by atoms with van der Waals surface area (Å²) in [6.07, 6.45) is 0.641. The first-order valence-corrected chi connectivity index (χ1v) is 3.85. The van der Waals surface area contributed by atoms with E-state index in [1.807, 2.05) is 0 Å². The summed E-state index contributed by atoms with van der Waals surface area (Å²) < 4.78 is 10.3. The van der Waals surface area contributed by atoms with Gasteiger partial charge < -0.3 is 15.2 Å². The highest BCUT2D eigenvalue weighted by Crippen LogP contribution is 2.19. The van der Waals surface area contributed by atoms with Gasteiger partial charge in [-0.1, -0.05) is 0 Å². The lowest BCUT2D eigenvalue weighted by Gasteiger charge is -2.12. The monoisotopic (exact) mass is 165 g/mol. The average molecular weight is 166 g/mol. The van der Waals surface area contributed by atoms with Crippen molar-refractivity contribution in [2.45, 2.75) is 18.1 Å². The predicted molar refractivity (Wildman–Crippen MR) is 39.0 cm³/mol. The van der Waals surface area contributed by atoms with Crippen LogP contribution >= 0.6 is 11.6 Å². The van der Waals surface area contributed by atoms with Gasteiger partial charge in [-0.2, -0.15) is 0 Å². The Labute approximate surface area is 65.4 Å². The van der Waals surface area contributed by atoms with Crippen molar-refractivity contribution in [2.24, 2.45) is 5.73 Å². The average Bonchev–Trinajstić information content (AvgIpc) is 2.31. The molecule has 2 atom stereocenters. The minimum absolute atomic E-state index is 0.00606. The number of alkyl halides is 1. The maximum atomic E-state index is 5.82. The van der Waals surface area contributed by atoms with Crippen molar-refractivity contribution < 1.29 is 9.47 Å². The first-order valence-electron chi connectivity index (χ1n) is 3.42. The van der Waals surface area contributed by atoms with Gasteiger partial charge in [-0.3, -0.25) is 0 Å². The summed E-state index contributed by atoms with van der Waals surface area (Å²) in [6.45, 7) is 1.74. The van der Waals surface area contributed by atoms with Gasteiger partial charge in [0.05, 0.1) is 18.6 Å². The Morgan fingerprint density at radius 2 is 2.50 bits per heavy atom. The van der Waals surface area contributed by atoms with Gasteiger partial charge in [-0.05, 0) is 6.42 Å². The summed E-state index contributed by atoms with van der Waals surface area (Å²) in [4.78, 5) is 0. The molecule has 0 spiro atoms. The topological polar surface area (TPSA) is 44.5 Å². The molecule has 1 heterocycles. The first kappa shape index (κ1) is 8.27. The molecule has 1 saturated heterocycles. The van der Waals surface area contributed by atoms with Crippen LogP contribution in [0.1, 0.15) is 6.42 Å². The second-order valence-corrected chi connectivity index (χ2v) is 2.76. The fourth-order valence-corrected chi connectivity index (χ4v) is 1.11. The molecule has 0 saturated carbocycles. The summed E-state index contributed by atoms with van der Waals surface area (Å²) in [7, 11) is 0. The van der Waals surface area contributed by atoms with Gasteiger partial charge in [0, 0.05) is 6.54 Å². The molecule has 4 heteroatoms. The maximum Gasteiger partial charge on any atom is 0.173 e. The van der Waals surface area contributed by atoms with E-state index in [0.29, 0.717) is 19.8 Å². The lowest BCUT2D eigenvalue weighted by Crippen LogP contribution is -2.23.